The summed E-state index contributed by atoms with van der Waals surface area (Å²) in [5, 5.41) is 24.3. The molecule has 2 aromatic rings. The van der Waals surface area contributed by atoms with Crippen LogP contribution in [0.25, 0.3) is 5.69 Å². The van der Waals surface area contributed by atoms with Crippen LogP contribution in [0.1, 0.15) is 32.1 Å². The summed E-state index contributed by atoms with van der Waals surface area (Å²) in [5.41, 5.74) is 2.04. The van der Waals surface area contributed by atoms with Crippen molar-refractivity contribution in [1.29, 1.82) is 0 Å². The van der Waals surface area contributed by atoms with E-state index in [4.69, 9.17) is 0 Å². The van der Waals surface area contributed by atoms with E-state index in [1.807, 2.05) is 24.3 Å². The highest BCUT2D eigenvalue weighted by Gasteiger charge is 2.30. The highest BCUT2D eigenvalue weighted by atomic mass is 16.3. The quantitative estimate of drug-likeness (QED) is 0.880. The second-order valence-electron chi connectivity index (χ2n) is 5.87. The van der Waals surface area contributed by atoms with Crippen molar-refractivity contribution in [1.82, 2.24) is 20.2 Å². The molecule has 6 nitrogen and oxygen atoms in total. The molecule has 1 saturated carbocycles. The number of hydrogen-bond donors (Lipinski definition) is 2. The smallest absolute Gasteiger partial charge is 0.143 e. The summed E-state index contributed by atoms with van der Waals surface area (Å²) in [6, 6.07) is 7.99. The molecule has 0 unspecified atom stereocenters. The molecule has 1 aliphatic rings. The molecular weight excluding hydrogens is 266 g/mol. The summed E-state index contributed by atoms with van der Waals surface area (Å²) < 4.78 is 1.63. The summed E-state index contributed by atoms with van der Waals surface area (Å²) in [7, 11) is 0. The van der Waals surface area contributed by atoms with E-state index >= 15 is 0 Å². The zero-order valence-electron chi connectivity index (χ0n) is 12.1. The third kappa shape index (κ3) is 3.21. The molecule has 1 fully saturated rings. The van der Waals surface area contributed by atoms with Gasteiger partial charge in [-0.3, -0.25) is 0 Å². The minimum Gasteiger partial charge on any atom is -0.396 e. The van der Waals surface area contributed by atoms with E-state index in [9.17, 15) is 5.11 Å². The number of aromatic nitrogens is 4. The molecule has 2 N–H and O–H groups in total. The number of anilines is 1. The second-order valence-corrected chi connectivity index (χ2v) is 5.87. The van der Waals surface area contributed by atoms with Crippen LogP contribution in [0, 0.1) is 5.41 Å². The lowest BCUT2D eigenvalue weighted by Gasteiger charge is -2.36. The first-order valence-corrected chi connectivity index (χ1v) is 7.50. The van der Waals surface area contributed by atoms with Gasteiger partial charge in [-0.1, -0.05) is 19.3 Å². The largest absolute Gasteiger partial charge is 0.396 e. The molecule has 0 spiro atoms. The first-order valence-electron chi connectivity index (χ1n) is 7.50. The molecule has 0 radical (unpaired) electrons. The predicted octanol–water partition coefficient (Wildman–Crippen LogP) is 2.02. The first kappa shape index (κ1) is 14.0. The number of tetrazole rings is 1. The molecule has 1 aliphatic carbocycles. The van der Waals surface area contributed by atoms with Crippen molar-refractivity contribution in [3.63, 3.8) is 0 Å². The molecule has 1 aromatic heterocycles. The van der Waals surface area contributed by atoms with Gasteiger partial charge < -0.3 is 10.4 Å². The van der Waals surface area contributed by atoms with Gasteiger partial charge in [-0.15, -0.1) is 5.10 Å². The average Bonchev–Trinajstić information content (AvgIpc) is 3.09. The van der Waals surface area contributed by atoms with E-state index in [1.54, 1.807) is 11.0 Å². The van der Waals surface area contributed by atoms with Gasteiger partial charge in [0.2, 0.25) is 0 Å². The molecule has 0 saturated heterocycles. The zero-order valence-corrected chi connectivity index (χ0v) is 12.1. The van der Waals surface area contributed by atoms with Gasteiger partial charge in [-0.05, 0) is 47.5 Å². The van der Waals surface area contributed by atoms with Gasteiger partial charge in [0.1, 0.15) is 6.33 Å². The fourth-order valence-electron chi connectivity index (χ4n) is 2.99. The van der Waals surface area contributed by atoms with Crippen molar-refractivity contribution < 1.29 is 5.11 Å². The number of aliphatic hydroxyl groups excluding tert-OH is 1. The molecule has 0 bridgehead atoms. The number of nitrogens with one attached hydrogen (secondary N) is 1. The Hall–Kier alpha value is -1.95. The lowest BCUT2D eigenvalue weighted by molar-refractivity contribution is 0.0944. The average molecular weight is 287 g/mol. The third-order valence-electron chi connectivity index (χ3n) is 4.40. The molecule has 21 heavy (non-hydrogen) atoms. The lowest BCUT2D eigenvalue weighted by atomic mass is 9.74. The summed E-state index contributed by atoms with van der Waals surface area (Å²) in [5.74, 6) is 0. The van der Waals surface area contributed by atoms with E-state index in [0.29, 0.717) is 0 Å². The number of aliphatic hydroxyl groups is 1. The first-order chi connectivity index (χ1) is 10.3. The van der Waals surface area contributed by atoms with Crippen molar-refractivity contribution in [2.24, 2.45) is 5.41 Å². The Kier molecular flexibility index (Phi) is 4.15. The SMILES string of the molecule is OCC1(CNc2ccc(-n3cnnn3)cc2)CCCCC1. The number of benzene rings is 1. The Morgan fingerprint density at radius 1 is 1.14 bits per heavy atom. The Morgan fingerprint density at radius 3 is 2.52 bits per heavy atom. The molecule has 0 aliphatic heterocycles. The van der Waals surface area contributed by atoms with Gasteiger partial charge >= 0.3 is 0 Å². The van der Waals surface area contributed by atoms with Gasteiger partial charge in [0.25, 0.3) is 0 Å². The van der Waals surface area contributed by atoms with E-state index < -0.39 is 0 Å². The fourth-order valence-corrected chi connectivity index (χ4v) is 2.99. The zero-order chi connectivity index (χ0) is 14.5. The maximum atomic E-state index is 9.72. The van der Waals surface area contributed by atoms with Crippen LogP contribution < -0.4 is 5.32 Å². The van der Waals surface area contributed by atoms with Gasteiger partial charge in [0.05, 0.1) is 12.3 Å². The van der Waals surface area contributed by atoms with E-state index in [1.165, 1.54) is 19.3 Å². The van der Waals surface area contributed by atoms with Crippen LogP contribution in [-0.2, 0) is 0 Å². The van der Waals surface area contributed by atoms with Crippen molar-refractivity contribution in [3.8, 4) is 5.69 Å². The Balaban J connectivity index is 1.62. The highest BCUT2D eigenvalue weighted by Crippen LogP contribution is 2.36. The topological polar surface area (TPSA) is 75.9 Å². The molecule has 1 heterocycles. The van der Waals surface area contributed by atoms with E-state index in [-0.39, 0.29) is 12.0 Å². The highest BCUT2D eigenvalue weighted by molar-refractivity contribution is 5.48. The van der Waals surface area contributed by atoms with Crippen LogP contribution in [0.3, 0.4) is 0 Å². The van der Waals surface area contributed by atoms with Gasteiger partial charge in [-0.25, -0.2) is 4.68 Å². The van der Waals surface area contributed by atoms with Crippen LogP contribution in [0.15, 0.2) is 30.6 Å². The maximum absolute atomic E-state index is 9.72. The fraction of sp³-hybridized carbons (Fsp3) is 0.533. The standard InChI is InChI=1S/C15H21N5O/c21-11-15(8-2-1-3-9-15)10-16-13-4-6-14(7-5-13)20-12-17-18-19-20/h4-7,12,16,21H,1-3,8-11H2. The van der Waals surface area contributed by atoms with Crippen molar-refractivity contribution in [2.45, 2.75) is 32.1 Å². The molecule has 112 valence electrons. The normalized spacial score (nSPS) is 17.6. The van der Waals surface area contributed by atoms with Crippen LogP contribution in [0.2, 0.25) is 0 Å². The number of rotatable bonds is 5. The maximum Gasteiger partial charge on any atom is 0.143 e. The number of nitrogens with zero attached hydrogens (tertiary/aromatic N) is 4. The minimum atomic E-state index is 0.0484. The molecular formula is C15H21N5O. The second kappa shape index (κ2) is 6.22. The van der Waals surface area contributed by atoms with Crippen LogP contribution >= 0.6 is 0 Å². The summed E-state index contributed by atoms with van der Waals surface area (Å²) in [4.78, 5) is 0. The Morgan fingerprint density at radius 2 is 1.90 bits per heavy atom. The molecule has 0 amide bonds. The van der Waals surface area contributed by atoms with Crippen molar-refractivity contribution in [3.05, 3.63) is 30.6 Å². The summed E-state index contributed by atoms with van der Waals surface area (Å²) in [6.45, 7) is 1.09. The van der Waals surface area contributed by atoms with Crippen molar-refractivity contribution >= 4 is 5.69 Å². The lowest BCUT2D eigenvalue weighted by Crippen LogP contribution is -2.35. The predicted molar refractivity (Wildman–Crippen MR) is 80.2 cm³/mol. The monoisotopic (exact) mass is 287 g/mol. The van der Waals surface area contributed by atoms with Crippen LogP contribution in [0.5, 0.6) is 0 Å². The molecule has 3 rings (SSSR count). The van der Waals surface area contributed by atoms with E-state index in [0.717, 1.165) is 30.8 Å². The van der Waals surface area contributed by atoms with Crippen molar-refractivity contribution in [2.75, 3.05) is 18.5 Å². The van der Waals surface area contributed by atoms with Gasteiger partial charge in [0, 0.05) is 17.6 Å². The molecule has 6 heteroatoms. The Labute approximate surface area is 124 Å². The summed E-state index contributed by atoms with van der Waals surface area (Å²) in [6.07, 6.45) is 7.53. The molecule has 0 atom stereocenters. The Bertz CT molecular complexity index is 546. The van der Waals surface area contributed by atoms with Gasteiger partial charge in [0.15, 0.2) is 0 Å². The third-order valence-corrected chi connectivity index (χ3v) is 4.40. The van der Waals surface area contributed by atoms with Crippen LogP contribution in [0.4, 0.5) is 5.69 Å². The summed E-state index contributed by atoms with van der Waals surface area (Å²) >= 11 is 0. The molecule has 1 aromatic carbocycles. The number of hydrogen-bond acceptors (Lipinski definition) is 5. The van der Waals surface area contributed by atoms with E-state index in [2.05, 4.69) is 20.8 Å². The minimum absolute atomic E-state index is 0.0484. The van der Waals surface area contributed by atoms with Gasteiger partial charge in [-0.2, -0.15) is 0 Å². The van der Waals surface area contributed by atoms with Crippen LogP contribution in [-0.4, -0.2) is 38.5 Å².